The first kappa shape index (κ1) is 12.0. The van der Waals surface area contributed by atoms with Crippen LogP contribution in [0.4, 0.5) is 0 Å². The van der Waals surface area contributed by atoms with Crippen molar-refractivity contribution in [3.05, 3.63) is 0 Å². The van der Waals surface area contributed by atoms with Crippen molar-refractivity contribution in [3.63, 3.8) is 0 Å². The molecule has 0 radical (unpaired) electrons. The zero-order valence-corrected chi connectivity index (χ0v) is 10.5. The predicted octanol–water partition coefficient (Wildman–Crippen LogP) is -4.13. The van der Waals surface area contributed by atoms with Crippen molar-refractivity contribution in [2.45, 2.75) is 0 Å². The minimum atomic E-state index is -2.10. The summed E-state index contributed by atoms with van der Waals surface area (Å²) < 4.78 is 3.96. The molecule has 3 nitrogen and oxygen atoms in total. The van der Waals surface area contributed by atoms with E-state index in [-0.39, 0.29) is 48.9 Å². The van der Waals surface area contributed by atoms with Gasteiger partial charge in [-0.2, -0.15) is 0 Å². The summed E-state index contributed by atoms with van der Waals surface area (Å²) in [6, 6.07) is 0. The summed E-state index contributed by atoms with van der Waals surface area (Å²) in [5.74, 6) is 0. The monoisotopic (exact) mass is 283 g/mol. The SMILES string of the molecule is [Ba+2].[O-]B([O-])O[SiH2][Fe]. The Balaban J connectivity index is 0. The first-order valence-corrected chi connectivity index (χ1v) is 4.67. The van der Waals surface area contributed by atoms with Gasteiger partial charge < -0.3 is 0 Å². The quantitative estimate of drug-likeness (QED) is 0.484. The third-order valence-corrected chi connectivity index (χ3v) is 1.14. The molecule has 0 N–H and O–H groups in total. The fraction of sp³-hybridized carbons (Fsp3) is 0. The summed E-state index contributed by atoms with van der Waals surface area (Å²) in [6.45, 7) is 0. The number of hydrogen-bond acceptors (Lipinski definition) is 3. The Morgan fingerprint density at radius 1 is 1.57 bits per heavy atom. The minimum absolute atomic E-state index is 0. The Labute approximate surface area is 92.7 Å². The zero-order chi connectivity index (χ0) is 4.99. The Hall–Kier alpha value is 2.25. The molecular weight excluding hydrogens is 280 g/mol. The molecule has 0 atom stereocenters. The van der Waals surface area contributed by atoms with Gasteiger partial charge in [0.05, 0.1) is 0 Å². The van der Waals surface area contributed by atoms with E-state index >= 15 is 0 Å². The number of rotatable bonds is 2. The molecule has 37 valence electrons. The van der Waals surface area contributed by atoms with Crippen LogP contribution in [0.15, 0.2) is 0 Å². The van der Waals surface area contributed by atoms with E-state index < -0.39 is 15.7 Å². The fourth-order valence-electron chi connectivity index (χ4n) is 0.0481. The molecule has 7 heteroatoms. The van der Waals surface area contributed by atoms with Crippen molar-refractivity contribution in [1.29, 1.82) is 0 Å². The first-order valence-electron chi connectivity index (χ1n) is 1.25. The van der Waals surface area contributed by atoms with Gasteiger partial charge in [0.1, 0.15) is 0 Å². The molecule has 0 fully saturated rings. The fourth-order valence-corrected chi connectivity index (χ4v) is 0.595. The van der Waals surface area contributed by atoms with Gasteiger partial charge in [0.2, 0.25) is 0 Å². The summed E-state index contributed by atoms with van der Waals surface area (Å²) in [4.78, 5) is 0. The summed E-state index contributed by atoms with van der Waals surface area (Å²) in [5, 5.41) is 18.7. The second-order valence-corrected chi connectivity index (χ2v) is 2.05. The van der Waals surface area contributed by atoms with E-state index in [1.165, 1.54) is 0 Å². The van der Waals surface area contributed by atoms with E-state index in [2.05, 4.69) is 19.7 Å². The van der Waals surface area contributed by atoms with Crippen LogP contribution in [-0.2, 0) is 19.7 Å². The summed E-state index contributed by atoms with van der Waals surface area (Å²) >= 11 is 3.24. The normalized spacial score (nSPS) is 9.00. The van der Waals surface area contributed by atoms with Gasteiger partial charge in [-0.1, -0.05) is 0 Å². The molecule has 0 unspecified atom stereocenters. The molecule has 0 aromatic heterocycles. The van der Waals surface area contributed by atoms with Gasteiger partial charge in [0, 0.05) is 0 Å². The summed E-state index contributed by atoms with van der Waals surface area (Å²) in [6.07, 6.45) is 0. The van der Waals surface area contributed by atoms with Crippen LogP contribution in [0.5, 0.6) is 0 Å². The van der Waals surface area contributed by atoms with Crippen LogP contribution in [0.3, 0.4) is 0 Å². The molecule has 0 rings (SSSR count). The van der Waals surface area contributed by atoms with Crippen molar-refractivity contribution in [3.8, 4) is 0 Å². The van der Waals surface area contributed by atoms with E-state index in [0.29, 0.717) is 0 Å². The van der Waals surface area contributed by atoms with E-state index in [4.69, 9.17) is 0 Å². The molecule has 0 saturated heterocycles. The van der Waals surface area contributed by atoms with Crippen molar-refractivity contribution < 1.29 is 29.8 Å². The molecule has 0 bridgehead atoms. The van der Waals surface area contributed by atoms with E-state index in [9.17, 15) is 10.0 Å². The van der Waals surface area contributed by atoms with Gasteiger partial charge in [0.15, 0.2) is 0 Å². The third-order valence-electron chi connectivity index (χ3n) is 0.195. The summed E-state index contributed by atoms with van der Waals surface area (Å²) in [5.41, 5.74) is 0. The van der Waals surface area contributed by atoms with Gasteiger partial charge in [0.25, 0.3) is 0 Å². The molecule has 0 aliphatic rings. The Morgan fingerprint density at radius 3 is 2.00 bits per heavy atom. The maximum absolute atomic E-state index is 9.34. The average Bonchev–Trinajstić information content (AvgIpc) is 1.35. The molecule has 0 aromatic carbocycles. The van der Waals surface area contributed by atoms with Crippen LogP contribution in [-0.4, -0.2) is 64.6 Å². The zero-order valence-electron chi connectivity index (χ0n) is 3.57. The Morgan fingerprint density at radius 2 is 2.00 bits per heavy atom. The molecule has 0 spiro atoms. The second-order valence-electron chi connectivity index (χ2n) is 0.557. The van der Waals surface area contributed by atoms with Gasteiger partial charge in [-0.05, 0) is 0 Å². The third kappa shape index (κ3) is 11.7. The van der Waals surface area contributed by atoms with Crippen molar-refractivity contribution in [2.24, 2.45) is 0 Å². The van der Waals surface area contributed by atoms with Crippen molar-refractivity contribution in [1.82, 2.24) is 0 Å². The molecule has 0 saturated carbocycles. The van der Waals surface area contributed by atoms with E-state index in [1.807, 2.05) is 0 Å². The van der Waals surface area contributed by atoms with Crippen molar-refractivity contribution in [2.75, 3.05) is 0 Å². The number of hydrogen-bond donors (Lipinski definition) is 0. The average molecular weight is 282 g/mol. The van der Waals surface area contributed by atoms with E-state index in [0.717, 1.165) is 0 Å². The van der Waals surface area contributed by atoms with Gasteiger partial charge >= 0.3 is 94.3 Å². The molecular formula is H2BBaFeO3Si. The van der Waals surface area contributed by atoms with Crippen LogP contribution < -0.4 is 10.0 Å². The van der Waals surface area contributed by atoms with Crippen LogP contribution in [0.1, 0.15) is 0 Å². The molecule has 0 amide bonds. The van der Waals surface area contributed by atoms with E-state index in [1.54, 1.807) is 0 Å². The molecule has 0 heterocycles. The van der Waals surface area contributed by atoms with Gasteiger partial charge in [-0.15, -0.1) is 0 Å². The maximum atomic E-state index is 9.34. The standard InChI is InChI=1S/BH2O3Si.Ba.Fe/c2-1(3)4-5;;/h5H2;;/q-2;+2;. The van der Waals surface area contributed by atoms with Gasteiger partial charge in [-0.3, -0.25) is 0 Å². The van der Waals surface area contributed by atoms with Crippen LogP contribution >= 0.6 is 0 Å². The van der Waals surface area contributed by atoms with Crippen LogP contribution in [0.25, 0.3) is 0 Å². The molecule has 0 aliphatic heterocycles. The van der Waals surface area contributed by atoms with Crippen LogP contribution in [0, 0.1) is 0 Å². The second kappa shape index (κ2) is 8.25. The summed E-state index contributed by atoms with van der Waals surface area (Å²) in [7, 11) is -3.11. The molecule has 0 aromatic rings. The van der Waals surface area contributed by atoms with Gasteiger partial charge in [-0.25, -0.2) is 0 Å². The predicted molar refractivity (Wildman–Crippen MR) is 21.1 cm³/mol. The molecule has 0 aliphatic carbocycles. The van der Waals surface area contributed by atoms with Crippen molar-refractivity contribution >= 4 is 64.6 Å². The van der Waals surface area contributed by atoms with Crippen LogP contribution in [0.2, 0.25) is 0 Å². The topological polar surface area (TPSA) is 55.3 Å². The Kier molecular flexibility index (Phi) is 14.1. The molecule has 7 heavy (non-hydrogen) atoms. The first-order chi connectivity index (χ1) is 2.77. The Bertz CT molecular complexity index is 36.1.